The second-order valence-corrected chi connectivity index (χ2v) is 9.93. The number of anilines is 1. The lowest BCUT2D eigenvalue weighted by atomic mass is 10.2. The molecule has 0 aromatic heterocycles. The number of benzene rings is 2. The summed E-state index contributed by atoms with van der Waals surface area (Å²) in [6, 6.07) is 11.3. The molecule has 0 bridgehead atoms. The zero-order valence-corrected chi connectivity index (χ0v) is 17.4. The minimum absolute atomic E-state index is 0.0670. The van der Waals surface area contributed by atoms with Gasteiger partial charge in [-0.1, -0.05) is 37.8 Å². The van der Waals surface area contributed by atoms with Gasteiger partial charge in [0.15, 0.2) is 0 Å². The average Bonchev–Trinajstić information content (AvgIpc) is 2.62. The van der Waals surface area contributed by atoms with Gasteiger partial charge in [-0.15, -0.1) is 0 Å². The summed E-state index contributed by atoms with van der Waals surface area (Å²) < 4.78 is 54.1. The predicted molar refractivity (Wildman–Crippen MR) is 108 cm³/mol. The molecule has 2 N–H and O–H groups in total. The molecule has 2 rings (SSSR count). The summed E-state index contributed by atoms with van der Waals surface area (Å²) in [6.07, 6.45) is 3.92. The summed E-state index contributed by atoms with van der Waals surface area (Å²) in [5.74, 6) is 0. The molecule has 0 radical (unpaired) electrons. The molecule has 148 valence electrons. The van der Waals surface area contributed by atoms with Crippen LogP contribution >= 0.6 is 11.6 Å². The molecule has 6 nitrogen and oxygen atoms in total. The lowest BCUT2D eigenvalue weighted by molar-refractivity contribution is 0.573. The van der Waals surface area contributed by atoms with Gasteiger partial charge >= 0.3 is 0 Å². The van der Waals surface area contributed by atoms with Crippen LogP contribution in [0.3, 0.4) is 0 Å². The Morgan fingerprint density at radius 2 is 1.33 bits per heavy atom. The van der Waals surface area contributed by atoms with Crippen LogP contribution in [0.1, 0.15) is 32.6 Å². The number of hydrogen-bond acceptors (Lipinski definition) is 4. The molecule has 0 atom stereocenters. The van der Waals surface area contributed by atoms with E-state index in [1.165, 1.54) is 48.5 Å². The van der Waals surface area contributed by atoms with Crippen molar-refractivity contribution in [1.29, 1.82) is 0 Å². The Kier molecular flexibility index (Phi) is 7.67. The Labute approximate surface area is 166 Å². The summed E-state index contributed by atoms with van der Waals surface area (Å²) in [6.45, 7) is 2.47. The first-order valence-corrected chi connectivity index (χ1v) is 12.0. The van der Waals surface area contributed by atoms with Crippen molar-refractivity contribution in [2.45, 2.75) is 42.4 Å². The molecular formula is C18H23ClN2O4S2. The third-order valence-electron chi connectivity index (χ3n) is 3.86. The minimum atomic E-state index is -3.78. The lowest BCUT2D eigenvalue weighted by Gasteiger charge is -2.10. The van der Waals surface area contributed by atoms with E-state index < -0.39 is 20.0 Å². The SMILES string of the molecule is CCCCCCNS(=O)(=O)c1ccc(NS(=O)(=O)c2ccc(Cl)cc2)cc1. The summed E-state index contributed by atoms with van der Waals surface area (Å²) in [7, 11) is -7.38. The Balaban J connectivity index is 2.03. The molecule has 0 aliphatic rings. The molecule has 0 fully saturated rings. The van der Waals surface area contributed by atoms with Crippen LogP contribution in [0, 0.1) is 0 Å². The van der Waals surface area contributed by atoms with Gasteiger partial charge in [0.25, 0.3) is 10.0 Å². The van der Waals surface area contributed by atoms with Gasteiger partial charge in [0.1, 0.15) is 0 Å². The van der Waals surface area contributed by atoms with Crippen LogP contribution in [0.4, 0.5) is 5.69 Å². The molecule has 0 saturated carbocycles. The fourth-order valence-corrected chi connectivity index (χ4v) is 4.63. The molecule has 0 unspecified atom stereocenters. The van der Waals surface area contributed by atoms with Crippen molar-refractivity contribution < 1.29 is 16.8 Å². The van der Waals surface area contributed by atoms with Crippen molar-refractivity contribution in [3.8, 4) is 0 Å². The van der Waals surface area contributed by atoms with E-state index in [4.69, 9.17) is 11.6 Å². The van der Waals surface area contributed by atoms with Crippen molar-refractivity contribution in [3.63, 3.8) is 0 Å². The van der Waals surface area contributed by atoms with Crippen LogP contribution in [0.5, 0.6) is 0 Å². The average molecular weight is 431 g/mol. The standard InChI is InChI=1S/C18H23ClN2O4S2/c1-2-3-4-5-14-20-26(22,23)17-12-8-16(9-13-17)21-27(24,25)18-10-6-15(19)7-11-18/h6-13,20-21H,2-5,14H2,1H3. The molecule has 0 spiro atoms. The number of unbranched alkanes of at least 4 members (excludes halogenated alkanes) is 3. The zero-order chi connectivity index (χ0) is 19.9. The van der Waals surface area contributed by atoms with Crippen LogP contribution < -0.4 is 9.44 Å². The van der Waals surface area contributed by atoms with Crippen LogP contribution in [-0.4, -0.2) is 23.4 Å². The molecule has 0 heterocycles. The summed E-state index contributed by atoms with van der Waals surface area (Å²) >= 11 is 5.77. The number of hydrogen-bond donors (Lipinski definition) is 2. The molecule has 0 aliphatic carbocycles. The third-order valence-corrected chi connectivity index (χ3v) is 6.99. The van der Waals surface area contributed by atoms with Gasteiger partial charge in [0.2, 0.25) is 10.0 Å². The topological polar surface area (TPSA) is 92.3 Å². The minimum Gasteiger partial charge on any atom is -0.280 e. The van der Waals surface area contributed by atoms with E-state index >= 15 is 0 Å². The summed E-state index contributed by atoms with van der Waals surface area (Å²) in [4.78, 5) is 0.157. The van der Waals surface area contributed by atoms with E-state index in [1.54, 1.807) is 0 Å². The Hall–Kier alpha value is -1.61. The van der Waals surface area contributed by atoms with Crippen molar-refractivity contribution in [1.82, 2.24) is 4.72 Å². The maximum atomic E-state index is 12.3. The van der Waals surface area contributed by atoms with Crippen molar-refractivity contribution in [2.75, 3.05) is 11.3 Å². The van der Waals surface area contributed by atoms with E-state index in [-0.39, 0.29) is 15.5 Å². The molecule has 2 aromatic carbocycles. The highest BCUT2D eigenvalue weighted by molar-refractivity contribution is 7.92. The van der Waals surface area contributed by atoms with Gasteiger partial charge in [-0.3, -0.25) is 4.72 Å². The highest BCUT2D eigenvalue weighted by Crippen LogP contribution is 2.20. The van der Waals surface area contributed by atoms with Gasteiger partial charge in [-0.2, -0.15) is 0 Å². The van der Waals surface area contributed by atoms with Gasteiger partial charge in [0, 0.05) is 17.3 Å². The molecule has 0 amide bonds. The number of nitrogens with one attached hydrogen (secondary N) is 2. The van der Waals surface area contributed by atoms with E-state index in [0.717, 1.165) is 25.7 Å². The first-order valence-electron chi connectivity index (χ1n) is 8.63. The largest absolute Gasteiger partial charge is 0.280 e. The quantitative estimate of drug-likeness (QED) is 0.557. The van der Waals surface area contributed by atoms with Crippen LogP contribution in [0.2, 0.25) is 5.02 Å². The first-order chi connectivity index (χ1) is 12.7. The van der Waals surface area contributed by atoms with Crippen molar-refractivity contribution in [3.05, 3.63) is 53.6 Å². The second-order valence-electron chi connectivity index (χ2n) is 6.04. The van der Waals surface area contributed by atoms with E-state index in [1.807, 2.05) is 0 Å². The van der Waals surface area contributed by atoms with Crippen LogP contribution in [0.15, 0.2) is 58.3 Å². The highest BCUT2D eigenvalue weighted by Gasteiger charge is 2.16. The molecule has 0 saturated heterocycles. The Bertz CT molecular complexity index is 942. The smallest absolute Gasteiger partial charge is 0.261 e. The first kappa shape index (κ1) is 21.7. The molecular weight excluding hydrogens is 408 g/mol. The van der Waals surface area contributed by atoms with E-state index in [0.29, 0.717) is 11.6 Å². The fraction of sp³-hybridized carbons (Fsp3) is 0.333. The van der Waals surface area contributed by atoms with Crippen LogP contribution in [-0.2, 0) is 20.0 Å². The molecule has 27 heavy (non-hydrogen) atoms. The number of rotatable bonds is 10. The Morgan fingerprint density at radius 1 is 0.778 bits per heavy atom. The highest BCUT2D eigenvalue weighted by atomic mass is 35.5. The zero-order valence-electron chi connectivity index (χ0n) is 15.0. The van der Waals surface area contributed by atoms with Gasteiger partial charge in [-0.25, -0.2) is 21.6 Å². The normalized spacial score (nSPS) is 12.1. The van der Waals surface area contributed by atoms with E-state index in [9.17, 15) is 16.8 Å². The fourth-order valence-electron chi connectivity index (χ4n) is 2.37. The van der Waals surface area contributed by atoms with Crippen molar-refractivity contribution >= 4 is 37.3 Å². The molecule has 2 aromatic rings. The van der Waals surface area contributed by atoms with Gasteiger partial charge in [0.05, 0.1) is 9.79 Å². The predicted octanol–water partition coefficient (Wildman–Crippen LogP) is 4.00. The maximum absolute atomic E-state index is 12.3. The molecule has 0 aliphatic heterocycles. The summed E-state index contributed by atoms with van der Waals surface area (Å²) in [5, 5.41) is 0.436. The lowest BCUT2D eigenvalue weighted by Crippen LogP contribution is -2.24. The van der Waals surface area contributed by atoms with Crippen molar-refractivity contribution in [2.24, 2.45) is 0 Å². The second kappa shape index (κ2) is 9.54. The number of halogens is 1. The van der Waals surface area contributed by atoms with E-state index in [2.05, 4.69) is 16.4 Å². The third kappa shape index (κ3) is 6.49. The molecule has 9 heteroatoms. The Morgan fingerprint density at radius 3 is 1.93 bits per heavy atom. The summed E-state index contributed by atoms with van der Waals surface area (Å²) in [5.41, 5.74) is 0.270. The van der Waals surface area contributed by atoms with Crippen LogP contribution in [0.25, 0.3) is 0 Å². The monoisotopic (exact) mass is 430 g/mol. The number of sulfonamides is 2. The van der Waals surface area contributed by atoms with Gasteiger partial charge in [-0.05, 0) is 55.0 Å². The van der Waals surface area contributed by atoms with Gasteiger partial charge < -0.3 is 0 Å². The maximum Gasteiger partial charge on any atom is 0.261 e.